The number of aryl methyl sites for hydroxylation is 1. The van der Waals surface area contributed by atoms with Crippen molar-refractivity contribution in [2.45, 2.75) is 25.2 Å². The van der Waals surface area contributed by atoms with Crippen LogP contribution in [-0.4, -0.2) is 30.5 Å². The number of allylic oxidation sites excluding steroid dienone is 1. The summed E-state index contributed by atoms with van der Waals surface area (Å²) in [5.41, 5.74) is 0.995. The van der Waals surface area contributed by atoms with Crippen LogP contribution >= 0.6 is 0 Å². The monoisotopic (exact) mass is 350 g/mol. The van der Waals surface area contributed by atoms with Gasteiger partial charge in [-0.15, -0.1) is 6.58 Å². The highest BCUT2D eigenvalue weighted by molar-refractivity contribution is 5.79. The highest BCUT2D eigenvalue weighted by atomic mass is 19.3. The molecule has 0 aliphatic carbocycles. The van der Waals surface area contributed by atoms with Gasteiger partial charge in [0.15, 0.2) is 0 Å². The summed E-state index contributed by atoms with van der Waals surface area (Å²) in [5, 5.41) is 2.98. The van der Waals surface area contributed by atoms with Gasteiger partial charge < -0.3 is 14.5 Å². The van der Waals surface area contributed by atoms with E-state index in [2.05, 4.69) is 16.9 Å². The summed E-state index contributed by atoms with van der Waals surface area (Å²) in [6, 6.07) is 8.95. The molecule has 0 spiro atoms. The summed E-state index contributed by atoms with van der Waals surface area (Å²) in [7, 11) is 1.80. The lowest BCUT2D eigenvalue weighted by molar-refractivity contribution is -0.162. The normalized spacial score (nSPS) is 11.3. The summed E-state index contributed by atoms with van der Waals surface area (Å²) in [5.74, 6) is -5.42. The molecule has 0 amide bonds. The number of ether oxygens (including phenoxy) is 1. The fourth-order valence-electron chi connectivity index (χ4n) is 2.14. The van der Waals surface area contributed by atoms with Crippen molar-refractivity contribution < 1.29 is 22.7 Å². The van der Waals surface area contributed by atoms with E-state index in [-0.39, 0.29) is 11.8 Å². The Labute approximate surface area is 144 Å². The van der Waals surface area contributed by atoms with Gasteiger partial charge in [-0.3, -0.25) is 0 Å². The summed E-state index contributed by atoms with van der Waals surface area (Å²) in [4.78, 5) is 16.0. The Morgan fingerprint density at radius 3 is 2.76 bits per heavy atom. The average molecular weight is 350 g/mol. The van der Waals surface area contributed by atoms with Crippen LogP contribution in [0.5, 0.6) is 5.95 Å². The maximum Gasteiger partial charge on any atom is 0.385 e. The largest absolute Gasteiger partial charge is 0.405 e. The molecular formula is C18H20F2N2O3. The van der Waals surface area contributed by atoms with Crippen molar-refractivity contribution >= 4 is 5.97 Å². The topological polar surface area (TPSA) is 64.4 Å². The number of hydrogen-bond acceptors (Lipinski definition) is 5. The summed E-state index contributed by atoms with van der Waals surface area (Å²) >= 11 is 0. The van der Waals surface area contributed by atoms with Crippen molar-refractivity contribution in [2.75, 3.05) is 13.6 Å². The number of rotatable bonds is 9. The smallest absolute Gasteiger partial charge is 0.385 e. The average Bonchev–Trinajstić information content (AvgIpc) is 2.99. The highest BCUT2D eigenvalue weighted by Gasteiger charge is 2.40. The second-order valence-electron chi connectivity index (χ2n) is 5.41. The molecule has 5 nitrogen and oxygen atoms in total. The Morgan fingerprint density at radius 2 is 2.12 bits per heavy atom. The molecule has 0 fully saturated rings. The van der Waals surface area contributed by atoms with E-state index in [9.17, 15) is 13.6 Å². The molecule has 7 heteroatoms. The van der Waals surface area contributed by atoms with Crippen LogP contribution in [0.2, 0.25) is 0 Å². The van der Waals surface area contributed by atoms with Crippen LogP contribution in [0.4, 0.5) is 8.78 Å². The fraction of sp³-hybridized carbons (Fsp3) is 0.333. The Balaban J connectivity index is 2.26. The van der Waals surface area contributed by atoms with Crippen LogP contribution in [-0.2, 0) is 11.2 Å². The molecule has 0 aliphatic rings. The van der Waals surface area contributed by atoms with Gasteiger partial charge in [0.05, 0.1) is 0 Å². The number of hydrogen-bond donors (Lipinski definition) is 1. The summed E-state index contributed by atoms with van der Waals surface area (Å²) in [6.45, 7) is 3.92. The van der Waals surface area contributed by atoms with Gasteiger partial charge >= 0.3 is 17.8 Å². The molecule has 1 aromatic carbocycles. The van der Waals surface area contributed by atoms with E-state index < -0.39 is 18.3 Å². The van der Waals surface area contributed by atoms with E-state index in [0.29, 0.717) is 30.6 Å². The fourth-order valence-corrected chi connectivity index (χ4v) is 2.14. The van der Waals surface area contributed by atoms with Gasteiger partial charge in [0.25, 0.3) is 0 Å². The third kappa shape index (κ3) is 4.96. The zero-order valence-corrected chi connectivity index (χ0v) is 13.9. The number of oxazole rings is 1. The second kappa shape index (κ2) is 8.53. The SMILES string of the molecule is C=CCC(F)(F)C(=O)Oc1oc(-c2ccccc2)nc1CCCNC. The number of alkyl halides is 2. The molecule has 1 N–H and O–H groups in total. The number of halogens is 2. The van der Waals surface area contributed by atoms with Gasteiger partial charge in [-0.1, -0.05) is 24.3 Å². The van der Waals surface area contributed by atoms with Crippen molar-refractivity contribution in [3.8, 4) is 17.4 Å². The number of nitrogens with one attached hydrogen (secondary N) is 1. The standard InChI is InChI=1S/C18H20F2N2O3/c1-3-11-18(19,20)17(23)25-16-14(10-7-12-21-2)22-15(24-16)13-8-5-4-6-9-13/h3-6,8-9,21H,1,7,10-12H2,2H3. The van der Waals surface area contributed by atoms with E-state index in [1.165, 1.54) is 0 Å². The number of carbonyl (C=O) groups excluding carboxylic acids is 1. The maximum atomic E-state index is 13.7. The van der Waals surface area contributed by atoms with Gasteiger partial charge in [0, 0.05) is 12.0 Å². The zero-order valence-electron chi connectivity index (χ0n) is 13.9. The summed E-state index contributed by atoms with van der Waals surface area (Å²) in [6.07, 6.45) is 1.27. The number of aromatic nitrogens is 1. The molecular weight excluding hydrogens is 330 g/mol. The molecule has 134 valence electrons. The number of carbonyl (C=O) groups is 1. The lowest BCUT2D eigenvalue weighted by Crippen LogP contribution is -2.32. The molecule has 1 heterocycles. The second-order valence-corrected chi connectivity index (χ2v) is 5.41. The van der Waals surface area contributed by atoms with Crippen LogP contribution in [0.3, 0.4) is 0 Å². The Hall–Kier alpha value is -2.54. The van der Waals surface area contributed by atoms with Crippen LogP contribution in [0.15, 0.2) is 47.4 Å². The molecule has 0 atom stereocenters. The Bertz CT molecular complexity index is 714. The minimum absolute atomic E-state index is 0.217. The van der Waals surface area contributed by atoms with E-state index in [1.54, 1.807) is 31.3 Å². The first-order chi connectivity index (χ1) is 12.0. The van der Waals surface area contributed by atoms with Crippen LogP contribution in [0.25, 0.3) is 11.5 Å². The zero-order chi connectivity index (χ0) is 18.3. The van der Waals surface area contributed by atoms with Crippen LogP contribution < -0.4 is 10.1 Å². The van der Waals surface area contributed by atoms with Gasteiger partial charge in [0.2, 0.25) is 5.89 Å². The van der Waals surface area contributed by atoms with Crippen molar-refractivity contribution in [1.82, 2.24) is 10.3 Å². The summed E-state index contributed by atoms with van der Waals surface area (Å²) < 4.78 is 37.6. The molecule has 0 unspecified atom stereocenters. The van der Waals surface area contributed by atoms with Gasteiger partial charge in [-0.05, 0) is 38.6 Å². The van der Waals surface area contributed by atoms with Crippen LogP contribution in [0.1, 0.15) is 18.5 Å². The lowest BCUT2D eigenvalue weighted by Gasteiger charge is -2.11. The highest BCUT2D eigenvalue weighted by Crippen LogP contribution is 2.30. The molecule has 0 aliphatic heterocycles. The first kappa shape index (κ1) is 18.8. The lowest BCUT2D eigenvalue weighted by atomic mass is 10.2. The third-order valence-electron chi connectivity index (χ3n) is 3.41. The molecule has 2 rings (SSSR count). The number of nitrogens with zero attached hydrogens (tertiary/aromatic N) is 1. The minimum Gasteiger partial charge on any atom is -0.405 e. The molecule has 0 bridgehead atoms. The minimum atomic E-state index is -3.66. The van der Waals surface area contributed by atoms with Gasteiger partial charge in [-0.2, -0.15) is 8.78 Å². The maximum absolute atomic E-state index is 13.7. The Kier molecular flexibility index (Phi) is 6.41. The third-order valence-corrected chi connectivity index (χ3v) is 3.41. The van der Waals surface area contributed by atoms with Crippen molar-refractivity contribution in [3.05, 3.63) is 48.7 Å². The molecule has 0 saturated carbocycles. The van der Waals surface area contributed by atoms with E-state index in [0.717, 1.165) is 6.08 Å². The molecule has 2 aromatic rings. The van der Waals surface area contributed by atoms with Crippen molar-refractivity contribution in [2.24, 2.45) is 0 Å². The molecule has 0 radical (unpaired) electrons. The first-order valence-electron chi connectivity index (χ1n) is 7.88. The van der Waals surface area contributed by atoms with Crippen molar-refractivity contribution in [1.29, 1.82) is 0 Å². The molecule has 25 heavy (non-hydrogen) atoms. The molecule has 1 aromatic heterocycles. The first-order valence-corrected chi connectivity index (χ1v) is 7.88. The number of esters is 1. The van der Waals surface area contributed by atoms with Crippen molar-refractivity contribution in [3.63, 3.8) is 0 Å². The van der Waals surface area contributed by atoms with E-state index in [1.807, 2.05) is 6.07 Å². The van der Waals surface area contributed by atoms with Gasteiger partial charge in [-0.25, -0.2) is 9.78 Å². The van der Waals surface area contributed by atoms with E-state index >= 15 is 0 Å². The predicted octanol–water partition coefficient (Wildman–Crippen LogP) is 3.61. The van der Waals surface area contributed by atoms with E-state index in [4.69, 9.17) is 9.15 Å². The van der Waals surface area contributed by atoms with Crippen LogP contribution in [0, 0.1) is 0 Å². The number of benzene rings is 1. The van der Waals surface area contributed by atoms with Gasteiger partial charge in [0.1, 0.15) is 5.69 Å². The quantitative estimate of drug-likeness (QED) is 0.425. The molecule has 0 saturated heterocycles. The predicted molar refractivity (Wildman–Crippen MR) is 89.6 cm³/mol. The Morgan fingerprint density at radius 1 is 1.40 bits per heavy atom.